The molecule has 7 heavy (non-hydrogen) atoms. The molecule has 0 atom stereocenters. The van der Waals surface area contributed by atoms with E-state index < -0.39 is 0 Å². The van der Waals surface area contributed by atoms with Crippen molar-refractivity contribution in [1.82, 2.24) is 0 Å². The van der Waals surface area contributed by atoms with Gasteiger partial charge < -0.3 is 4.42 Å². The lowest BCUT2D eigenvalue weighted by Gasteiger charge is -1.69. The molecule has 1 aromatic heterocycles. The predicted molar refractivity (Wildman–Crippen MR) is 31.6 cm³/mol. The minimum atomic E-state index is 0.984. The molecule has 0 aliphatic rings. The van der Waals surface area contributed by atoms with Gasteiger partial charge in [0.2, 0.25) is 0 Å². The number of rotatable bonds is 0. The molecule has 0 fully saturated rings. The van der Waals surface area contributed by atoms with Crippen LogP contribution in [0, 0.1) is 6.92 Å². The third-order valence-corrected chi connectivity index (χ3v) is 0.862. The Balaban J connectivity index is 3.04. The predicted octanol–water partition coefficient (Wildman–Crippen LogP) is -0.154. The highest BCUT2D eigenvalue weighted by molar-refractivity contribution is 6.32. The Bertz CT molecular complexity index is 140. The molecule has 0 unspecified atom stereocenters. The number of hydrogen-bond acceptors (Lipinski definition) is 1. The number of hydrogen-bond donors (Lipinski definition) is 0. The third-order valence-electron chi connectivity index (χ3n) is 0.862. The van der Waals surface area contributed by atoms with E-state index >= 15 is 0 Å². The Hall–Kier alpha value is -0.655. The van der Waals surface area contributed by atoms with E-state index in [0.717, 1.165) is 5.76 Å². The van der Waals surface area contributed by atoms with Gasteiger partial charge in [0.15, 0.2) is 0 Å². The van der Waals surface area contributed by atoms with Gasteiger partial charge in [0.05, 0.1) is 12.0 Å². The highest BCUT2D eigenvalue weighted by Crippen LogP contribution is 1.90. The number of aryl methyl sites for hydroxylation is 1. The monoisotopic (exact) mass is 94.1 g/mol. The van der Waals surface area contributed by atoms with E-state index in [-0.39, 0.29) is 0 Å². The van der Waals surface area contributed by atoms with Gasteiger partial charge in [-0.15, -0.1) is 0 Å². The van der Waals surface area contributed by atoms with Crippen molar-refractivity contribution in [3.05, 3.63) is 18.1 Å². The quantitative estimate of drug-likeness (QED) is 0.407. The lowest BCUT2D eigenvalue weighted by molar-refractivity contribution is 0.535. The van der Waals surface area contributed by atoms with Gasteiger partial charge in [0.25, 0.3) is 0 Å². The molecule has 0 aliphatic carbocycles. The van der Waals surface area contributed by atoms with Gasteiger partial charge in [-0.25, -0.2) is 0 Å². The van der Waals surface area contributed by atoms with E-state index in [1.54, 1.807) is 6.26 Å². The standard InChI is InChI=1S/C5H7BO/c1-4-2-5(6)3-7-4/h2-3H,6H2,1H3. The number of furan rings is 1. The summed E-state index contributed by atoms with van der Waals surface area (Å²) in [6, 6.07) is 2.00. The van der Waals surface area contributed by atoms with Gasteiger partial charge in [0, 0.05) is 0 Å². The molecular formula is C5H7BO. The summed E-state index contributed by atoms with van der Waals surface area (Å²) in [5.41, 5.74) is 1.19. The summed E-state index contributed by atoms with van der Waals surface area (Å²) < 4.78 is 4.96. The molecule has 1 rings (SSSR count). The fraction of sp³-hybridized carbons (Fsp3) is 0.200. The van der Waals surface area contributed by atoms with Crippen LogP contribution in [-0.4, -0.2) is 7.85 Å². The third kappa shape index (κ3) is 0.859. The van der Waals surface area contributed by atoms with Crippen molar-refractivity contribution in [2.24, 2.45) is 0 Å². The normalized spacial score (nSPS) is 9.29. The topological polar surface area (TPSA) is 13.1 Å². The second kappa shape index (κ2) is 1.45. The second-order valence-electron chi connectivity index (χ2n) is 1.73. The fourth-order valence-electron chi connectivity index (χ4n) is 0.575. The summed E-state index contributed by atoms with van der Waals surface area (Å²) in [6.45, 7) is 1.94. The highest BCUT2D eigenvalue weighted by Gasteiger charge is 1.85. The van der Waals surface area contributed by atoms with Crippen LogP contribution in [0.15, 0.2) is 16.7 Å². The Morgan fingerprint density at radius 1 is 1.71 bits per heavy atom. The smallest absolute Gasteiger partial charge is 0.143 e. The molecule has 1 heterocycles. The fourth-order valence-corrected chi connectivity index (χ4v) is 0.575. The summed E-state index contributed by atoms with van der Waals surface area (Å²) in [5.74, 6) is 0.984. The SMILES string of the molecule is Bc1coc(C)c1. The molecule has 36 valence electrons. The van der Waals surface area contributed by atoms with Crippen LogP contribution in [0.2, 0.25) is 0 Å². The Labute approximate surface area is 43.7 Å². The molecule has 2 heteroatoms. The van der Waals surface area contributed by atoms with Crippen molar-refractivity contribution in [3.8, 4) is 0 Å². The zero-order chi connectivity index (χ0) is 5.28. The Morgan fingerprint density at radius 3 is 2.57 bits per heavy atom. The average Bonchev–Trinajstić information content (AvgIpc) is 1.87. The lowest BCUT2D eigenvalue weighted by atomic mass is 10.0. The lowest BCUT2D eigenvalue weighted by Crippen LogP contribution is -1.92. The maximum atomic E-state index is 4.96. The van der Waals surface area contributed by atoms with Crippen molar-refractivity contribution in [1.29, 1.82) is 0 Å². The van der Waals surface area contributed by atoms with Gasteiger partial charge in [-0.1, -0.05) is 5.46 Å². The Kier molecular flexibility index (Phi) is 0.932. The van der Waals surface area contributed by atoms with Gasteiger partial charge in [-0.05, 0) is 13.0 Å². The largest absolute Gasteiger partial charge is 0.470 e. The van der Waals surface area contributed by atoms with Crippen LogP contribution in [0.5, 0.6) is 0 Å². The van der Waals surface area contributed by atoms with Crippen LogP contribution >= 0.6 is 0 Å². The van der Waals surface area contributed by atoms with Crippen molar-refractivity contribution in [2.75, 3.05) is 0 Å². The molecule has 0 saturated heterocycles. The molecule has 0 saturated carbocycles. The molecule has 0 radical (unpaired) electrons. The van der Waals surface area contributed by atoms with E-state index in [9.17, 15) is 0 Å². The Morgan fingerprint density at radius 2 is 2.43 bits per heavy atom. The van der Waals surface area contributed by atoms with E-state index in [2.05, 4.69) is 0 Å². The average molecular weight is 93.9 g/mol. The molecule has 0 N–H and O–H groups in total. The maximum absolute atomic E-state index is 4.96. The van der Waals surface area contributed by atoms with Crippen LogP contribution in [0.4, 0.5) is 0 Å². The molecule has 1 nitrogen and oxygen atoms in total. The van der Waals surface area contributed by atoms with Crippen molar-refractivity contribution >= 4 is 13.3 Å². The van der Waals surface area contributed by atoms with Crippen molar-refractivity contribution in [2.45, 2.75) is 6.92 Å². The summed E-state index contributed by atoms with van der Waals surface area (Å²) in [5, 5.41) is 0. The summed E-state index contributed by atoms with van der Waals surface area (Å²) in [4.78, 5) is 0. The van der Waals surface area contributed by atoms with E-state index in [0.29, 0.717) is 0 Å². The molecule has 1 aromatic rings. The minimum Gasteiger partial charge on any atom is -0.470 e. The summed E-state index contributed by atoms with van der Waals surface area (Å²) in [6.07, 6.45) is 1.75. The highest BCUT2D eigenvalue weighted by atomic mass is 16.3. The zero-order valence-corrected chi connectivity index (χ0v) is 4.56. The van der Waals surface area contributed by atoms with Crippen LogP contribution in [0.1, 0.15) is 5.76 Å². The molecule has 0 aliphatic heterocycles. The van der Waals surface area contributed by atoms with Crippen molar-refractivity contribution < 1.29 is 4.42 Å². The summed E-state index contributed by atoms with van der Waals surface area (Å²) >= 11 is 0. The van der Waals surface area contributed by atoms with Gasteiger partial charge >= 0.3 is 0 Å². The first-order valence-corrected chi connectivity index (χ1v) is 2.31. The molecular weight excluding hydrogens is 86.9 g/mol. The van der Waals surface area contributed by atoms with E-state index in [1.165, 1.54) is 5.46 Å². The van der Waals surface area contributed by atoms with Crippen LogP contribution in [0.3, 0.4) is 0 Å². The first kappa shape index (κ1) is 4.50. The second-order valence-corrected chi connectivity index (χ2v) is 1.73. The van der Waals surface area contributed by atoms with E-state index in [4.69, 9.17) is 4.42 Å². The summed E-state index contributed by atoms with van der Waals surface area (Å²) in [7, 11) is 2.01. The van der Waals surface area contributed by atoms with E-state index in [1.807, 2.05) is 20.8 Å². The maximum Gasteiger partial charge on any atom is 0.143 e. The first-order valence-electron chi connectivity index (χ1n) is 2.31. The van der Waals surface area contributed by atoms with Gasteiger partial charge in [-0.2, -0.15) is 0 Å². The van der Waals surface area contributed by atoms with Gasteiger partial charge in [0.1, 0.15) is 7.85 Å². The first-order chi connectivity index (χ1) is 3.29. The van der Waals surface area contributed by atoms with Crippen LogP contribution < -0.4 is 5.46 Å². The van der Waals surface area contributed by atoms with Crippen molar-refractivity contribution in [3.63, 3.8) is 0 Å². The molecule has 0 amide bonds. The van der Waals surface area contributed by atoms with Gasteiger partial charge in [-0.3, -0.25) is 0 Å². The minimum absolute atomic E-state index is 0.984. The zero-order valence-electron chi connectivity index (χ0n) is 4.56. The molecule has 0 aromatic carbocycles. The molecule has 0 spiro atoms. The van der Waals surface area contributed by atoms with Crippen LogP contribution in [0.25, 0.3) is 0 Å². The molecule has 0 bridgehead atoms. The van der Waals surface area contributed by atoms with Crippen LogP contribution in [-0.2, 0) is 0 Å².